The summed E-state index contributed by atoms with van der Waals surface area (Å²) in [6.07, 6.45) is 5.34. The molecule has 1 saturated heterocycles. The van der Waals surface area contributed by atoms with Crippen LogP contribution in [0.25, 0.3) is 0 Å². The Hall–Kier alpha value is -2.38. The molecule has 1 unspecified atom stereocenters. The Labute approximate surface area is 146 Å². The van der Waals surface area contributed by atoms with Crippen LogP contribution in [-0.4, -0.2) is 62.8 Å². The molecule has 0 spiro atoms. The normalized spacial score (nSPS) is 20.4. The van der Waals surface area contributed by atoms with Gasteiger partial charge in [0, 0.05) is 19.1 Å². The summed E-state index contributed by atoms with van der Waals surface area (Å²) in [6, 6.07) is 0.337. The minimum absolute atomic E-state index is 0.0725. The number of anilines is 1. The monoisotopic (exact) mass is 348 g/mol. The van der Waals surface area contributed by atoms with Gasteiger partial charge in [-0.2, -0.15) is 0 Å². The van der Waals surface area contributed by atoms with Gasteiger partial charge in [-0.25, -0.2) is 19.6 Å². The van der Waals surface area contributed by atoms with Crippen LogP contribution in [0.15, 0.2) is 12.4 Å². The van der Waals surface area contributed by atoms with E-state index in [-0.39, 0.29) is 23.9 Å². The van der Waals surface area contributed by atoms with Gasteiger partial charge in [-0.05, 0) is 40.0 Å². The van der Waals surface area contributed by atoms with E-state index < -0.39 is 11.6 Å². The molecular formula is C17H24N4O4. The highest BCUT2D eigenvalue weighted by Gasteiger charge is 2.42. The second kappa shape index (κ2) is 6.50. The van der Waals surface area contributed by atoms with E-state index in [9.17, 15) is 9.59 Å². The van der Waals surface area contributed by atoms with Crippen molar-refractivity contribution in [2.75, 3.05) is 18.0 Å². The molecule has 0 bridgehead atoms. The largest absolute Gasteiger partial charge is 0.476 e. The quantitative estimate of drug-likeness (QED) is 0.890. The molecule has 1 N–H and O–H groups in total. The lowest BCUT2D eigenvalue weighted by Gasteiger charge is -2.31. The number of carbonyl (C=O) groups excluding carboxylic acids is 1. The van der Waals surface area contributed by atoms with Crippen LogP contribution in [0.3, 0.4) is 0 Å². The predicted molar refractivity (Wildman–Crippen MR) is 90.7 cm³/mol. The van der Waals surface area contributed by atoms with Gasteiger partial charge >= 0.3 is 12.1 Å². The summed E-state index contributed by atoms with van der Waals surface area (Å²) in [5.41, 5.74) is -0.589. The first-order valence-corrected chi connectivity index (χ1v) is 8.56. The van der Waals surface area contributed by atoms with Crippen molar-refractivity contribution in [3.05, 3.63) is 18.1 Å². The van der Waals surface area contributed by atoms with Crippen LogP contribution in [0.4, 0.5) is 10.6 Å². The molecule has 1 aromatic heterocycles. The lowest BCUT2D eigenvalue weighted by molar-refractivity contribution is 0.0158. The van der Waals surface area contributed by atoms with Crippen LogP contribution < -0.4 is 4.90 Å². The molecule has 1 aliphatic heterocycles. The maximum atomic E-state index is 12.6. The molecule has 3 rings (SSSR count). The van der Waals surface area contributed by atoms with Crippen molar-refractivity contribution in [3.63, 3.8) is 0 Å². The predicted octanol–water partition coefficient (Wildman–Crippen LogP) is 2.15. The van der Waals surface area contributed by atoms with Crippen molar-refractivity contribution in [2.45, 2.75) is 57.7 Å². The average molecular weight is 348 g/mol. The van der Waals surface area contributed by atoms with Crippen LogP contribution in [0, 0.1) is 0 Å². The molecule has 2 aliphatic rings. The highest BCUT2D eigenvalue weighted by atomic mass is 16.6. The molecule has 136 valence electrons. The summed E-state index contributed by atoms with van der Waals surface area (Å²) >= 11 is 0. The van der Waals surface area contributed by atoms with Crippen LogP contribution in [0.1, 0.15) is 50.5 Å². The van der Waals surface area contributed by atoms with E-state index in [1.54, 1.807) is 0 Å². The van der Waals surface area contributed by atoms with E-state index in [1.165, 1.54) is 12.4 Å². The van der Waals surface area contributed by atoms with E-state index in [2.05, 4.69) is 9.97 Å². The summed E-state index contributed by atoms with van der Waals surface area (Å²) < 4.78 is 5.57. The summed E-state index contributed by atoms with van der Waals surface area (Å²) in [5.74, 6) is -0.462. The molecule has 0 radical (unpaired) electrons. The van der Waals surface area contributed by atoms with Gasteiger partial charge in [0.1, 0.15) is 11.4 Å². The highest BCUT2D eigenvalue weighted by Crippen LogP contribution is 2.33. The van der Waals surface area contributed by atoms with Gasteiger partial charge in [0.05, 0.1) is 18.4 Å². The number of aromatic carboxylic acids is 1. The van der Waals surface area contributed by atoms with Crippen molar-refractivity contribution in [3.8, 4) is 0 Å². The third kappa shape index (κ3) is 4.18. The van der Waals surface area contributed by atoms with Crippen molar-refractivity contribution in [1.29, 1.82) is 0 Å². The van der Waals surface area contributed by atoms with E-state index in [0.29, 0.717) is 12.4 Å². The summed E-state index contributed by atoms with van der Waals surface area (Å²) in [4.78, 5) is 35.5. The molecule has 2 heterocycles. The van der Waals surface area contributed by atoms with Crippen molar-refractivity contribution in [2.24, 2.45) is 0 Å². The molecule has 1 aromatic rings. The van der Waals surface area contributed by atoms with Gasteiger partial charge in [0.15, 0.2) is 5.69 Å². The molecular weight excluding hydrogens is 324 g/mol. The maximum absolute atomic E-state index is 12.6. The molecule has 8 heteroatoms. The molecule has 8 nitrogen and oxygen atoms in total. The fourth-order valence-electron chi connectivity index (χ4n) is 3.04. The molecule has 0 aromatic carbocycles. The van der Waals surface area contributed by atoms with Crippen LogP contribution in [0.2, 0.25) is 0 Å². The Morgan fingerprint density at radius 2 is 1.92 bits per heavy atom. The molecule has 1 amide bonds. The zero-order valence-electron chi connectivity index (χ0n) is 14.8. The maximum Gasteiger partial charge on any atom is 0.410 e. The van der Waals surface area contributed by atoms with Gasteiger partial charge in [0.25, 0.3) is 0 Å². The third-order valence-corrected chi connectivity index (χ3v) is 4.28. The molecule has 1 saturated carbocycles. The number of carbonyl (C=O) groups is 2. The van der Waals surface area contributed by atoms with Gasteiger partial charge in [0.2, 0.25) is 0 Å². The summed E-state index contributed by atoms with van der Waals surface area (Å²) in [6.45, 7) is 7.01. The number of carboxylic acids is 1. The number of hydrogen-bond donors (Lipinski definition) is 1. The number of hydrogen-bond acceptors (Lipinski definition) is 6. The van der Waals surface area contributed by atoms with Crippen LogP contribution >= 0.6 is 0 Å². The lowest BCUT2D eigenvalue weighted by Crippen LogP contribution is -2.46. The van der Waals surface area contributed by atoms with Crippen molar-refractivity contribution in [1.82, 2.24) is 14.9 Å². The Bertz CT molecular complexity index is 652. The van der Waals surface area contributed by atoms with Gasteiger partial charge in [-0.1, -0.05) is 0 Å². The first kappa shape index (κ1) is 17.4. The standard InChI is InChI=1S/C17H24N4O4/c1-17(2,3)25-16(24)21(11-4-5-11)12-6-7-20(10-12)14-9-18-13(8-19-14)15(22)23/h8-9,11-12H,4-7,10H2,1-3H3,(H,22,23). The average Bonchev–Trinajstić information content (AvgIpc) is 3.22. The van der Waals surface area contributed by atoms with E-state index in [1.807, 2.05) is 30.6 Å². The summed E-state index contributed by atoms with van der Waals surface area (Å²) in [5, 5.41) is 8.90. The molecule has 1 atom stereocenters. The van der Waals surface area contributed by atoms with Crippen molar-refractivity contribution < 1.29 is 19.4 Å². The van der Waals surface area contributed by atoms with Gasteiger partial charge in [-0.15, -0.1) is 0 Å². The Balaban J connectivity index is 1.67. The van der Waals surface area contributed by atoms with Gasteiger partial charge < -0.3 is 19.6 Å². The minimum Gasteiger partial charge on any atom is -0.476 e. The lowest BCUT2D eigenvalue weighted by atomic mass is 10.2. The number of nitrogens with zero attached hydrogens (tertiary/aromatic N) is 4. The summed E-state index contributed by atoms with van der Waals surface area (Å²) in [7, 11) is 0. The number of ether oxygens (including phenoxy) is 1. The second-order valence-corrected chi connectivity index (χ2v) is 7.57. The fraction of sp³-hybridized carbons (Fsp3) is 0.647. The fourth-order valence-corrected chi connectivity index (χ4v) is 3.04. The Morgan fingerprint density at radius 1 is 1.20 bits per heavy atom. The van der Waals surface area contributed by atoms with Crippen LogP contribution in [-0.2, 0) is 4.74 Å². The smallest absolute Gasteiger partial charge is 0.410 e. The number of carboxylic acid groups (broad SMARTS) is 1. The minimum atomic E-state index is -1.09. The second-order valence-electron chi connectivity index (χ2n) is 7.57. The first-order chi connectivity index (χ1) is 11.7. The first-order valence-electron chi connectivity index (χ1n) is 8.56. The number of aromatic nitrogens is 2. The van der Waals surface area contributed by atoms with Crippen LogP contribution in [0.5, 0.6) is 0 Å². The molecule has 1 aliphatic carbocycles. The Kier molecular flexibility index (Phi) is 4.53. The Morgan fingerprint density at radius 3 is 2.44 bits per heavy atom. The van der Waals surface area contributed by atoms with Gasteiger partial charge in [-0.3, -0.25) is 0 Å². The zero-order chi connectivity index (χ0) is 18.2. The highest BCUT2D eigenvalue weighted by molar-refractivity contribution is 5.84. The number of amides is 1. The number of rotatable bonds is 4. The molecule has 2 fully saturated rings. The van der Waals surface area contributed by atoms with E-state index in [0.717, 1.165) is 25.8 Å². The van der Waals surface area contributed by atoms with E-state index >= 15 is 0 Å². The third-order valence-electron chi connectivity index (χ3n) is 4.28. The van der Waals surface area contributed by atoms with E-state index in [4.69, 9.17) is 9.84 Å². The zero-order valence-corrected chi connectivity index (χ0v) is 14.8. The van der Waals surface area contributed by atoms with Crippen molar-refractivity contribution >= 4 is 17.9 Å². The SMILES string of the molecule is CC(C)(C)OC(=O)N(C1CC1)C1CCN(c2cnc(C(=O)O)cn2)C1. The molecule has 25 heavy (non-hydrogen) atoms. The topological polar surface area (TPSA) is 95.9 Å².